The summed E-state index contributed by atoms with van der Waals surface area (Å²) in [6.45, 7) is 1.30. The Balaban J connectivity index is 1.40. The Hall–Kier alpha value is -3.31. The van der Waals surface area contributed by atoms with Gasteiger partial charge in [0.15, 0.2) is 5.13 Å². The molecule has 1 aliphatic rings. The largest absolute Gasteiger partial charge is 0.497 e. The van der Waals surface area contributed by atoms with E-state index in [1.807, 2.05) is 48.5 Å². The summed E-state index contributed by atoms with van der Waals surface area (Å²) < 4.78 is 39.7. The number of fused-ring (bicyclic) bond motifs is 1. The number of carbonyl (C=O) groups is 1. The Morgan fingerprint density at radius 1 is 1.11 bits per heavy atom. The van der Waals surface area contributed by atoms with Crippen molar-refractivity contribution in [1.82, 2.24) is 9.29 Å². The van der Waals surface area contributed by atoms with Crippen LogP contribution in [0.4, 0.5) is 5.13 Å². The van der Waals surface area contributed by atoms with Crippen molar-refractivity contribution >= 4 is 42.6 Å². The quantitative estimate of drug-likeness (QED) is 0.292. The summed E-state index contributed by atoms with van der Waals surface area (Å²) in [4.78, 5) is 20.2. The first-order valence-corrected chi connectivity index (χ1v) is 14.6. The number of amides is 1. The number of carbonyl (C=O) groups excluding carboxylic acids is 1. The summed E-state index contributed by atoms with van der Waals surface area (Å²) >= 11 is 1.41. The molecule has 1 fully saturated rings. The van der Waals surface area contributed by atoms with Gasteiger partial charge in [-0.3, -0.25) is 9.69 Å². The summed E-state index contributed by atoms with van der Waals surface area (Å²) in [7, 11) is -0.569. The first kappa shape index (κ1) is 26.3. The normalized spacial score (nSPS) is 15.7. The Bertz CT molecular complexity index is 1520. The molecule has 5 rings (SSSR count). The fraction of sp³-hybridized carbons (Fsp3) is 0.286. The molecule has 38 heavy (non-hydrogen) atoms. The van der Waals surface area contributed by atoms with E-state index in [4.69, 9.17) is 14.5 Å². The second-order valence-electron chi connectivity index (χ2n) is 9.15. The number of sulfonamides is 1. The molecule has 0 saturated carbocycles. The summed E-state index contributed by atoms with van der Waals surface area (Å²) in [6, 6.07) is 21.1. The number of rotatable bonds is 9. The van der Waals surface area contributed by atoms with Crippen LogP contribution >= 0.6 is 11.3 Å². The number of benzene rings is 3. The van der Waals surface area contributed by atoms with Crippen LogP contribution in [0.5, 0.6) is 5.75 Å². The maximum absolute atomic E-state index is 13.7. The van der Waals surface area contributed by atoms with Crippen molar-refractivity contribution in [2.45, 2.75) is 30.4 Å². The number of hydrogen-bond acceptors (Lipinski definition) is 7. The summed E-state index contributed by atoms with van der Waals surface area (Å²) in [6.07, 6.45) is 1.74. The third kappa shape index (κ3) is 5.58. The van der Waals surface area contributed by atoms with E-state index in [1.165, 1.54) is 27.8 Å². The average molecular weight is 552 g/mol. The minimum Gasteiger partial charge on any atom is -0.497 e. The number of hydrogen-bond donors (Lipinski definition) is 0. The lowest BCUT2D eigenvalue weighted by molar-refractivity contribution is 0.0917. The fourth-order valence-electron chi connectivity index (χ4n) is 4.41. The summed E-state index contributed by atoms with van der Waals surface area (Å²) in [5.74, 6) is 0.465. The zero-order valence-corrected chi connectivity index (χ0v) is 22.9. The Morgan fingerprint density at radius 2 is 1.87 bits per heavy atom. The number of thiazole rings is 1. The lowest BCUT2D eigenvalue weighted by Gasteiger charge is -2.23. The standard InChI is InChI=1S/C28H29N3O5S2/c1-30(18-20-7-4-3-5-8-20)38(33,34)24-13-10-21(11-14-24)27(32)31(19-23-9-6-16-36-23)28-29-25-15-12-22(35-2)17-26(25)37-28/h3-5,7-8,10-15,17,23H,6,9,16,18-19H2,1-2H3. The van der Waals surface area contributed by atoms with Gasteiger partial charge in [-0.25, -0.2) is 13.4 Å². The molecule has 1 aliphatic heterocycles. The molecule has 1 saturated heterocycles. The maximum Gasteiger partial charge on any atom is 0.260 e. The van der Waals surface area contributed by atoms with Gasteiger partial charge in [0, 0.05) is 25.8 Å². The van der Waals surface area contributed by atoms with E-state index in [0.717, 1.165) is 34.4 Å². The first-order chi connectivity index (χ1) is 18.3. The van der Waals surface area contributed by atoms with Crippen LogP contribution in [-0.2, 0) is 21.3 Å². The molecule has 1 atom stereocenters. The number of anilines is 1. The van der Waals surface area contributed by atoms with Crippen molar-refractivity contribution in [2.24, 2.45) is 0 Å². The second-order valence-corrected chi connectivity index (χ2v) is 12.2. The van der Waals surface area contributed by atoms with Gasteiger partial charge in [0.05, 0.1) is 34.9 Å². The molecule has 1 unspecified atom stereocenters. The van der Waals surface area contributed by atoms with E-state index in [-0.39, 0.29) is 23.5 Å². The van der Waals surface area contributed by atoms with E-state index >= 15 is 0 Å². The maximum atomic E-state index is 13.7. The minimum absolute atomic E-state index is 0.0771. The van der Waals surface area contributed by atoms with Gasteiger partial charge < -0.3 is 9.47 Å². The van der Waals surface area contributed by atoms with Crippen LogP contribution in [0.25, 0.3) is 10.2 Å². The zero-order chi connectivity index (χ0) is 26.7. The van der Waals surface area contributed by atoms with E-state index in [2.05, 4.69) is 0 Å². The predicted molar refractivity (Wildman–Crippen MR) is 148 cm³/mol. The molecule has 0 aliphatic carbocycles. The van der Waals surface area contributed by atoms with Gasteiger partial charge >= 0.3 is 0 Å². The molecule has 2 heterocycles. The lowest BCUT2D eigenvalue weighted by atomic mass is 10.2. The molecule has 3 aromatic carbocycles. The van der Waals surface area contributed by atoms with Crippen molar-refractivity contribution < 1.29 is 22.7 Å². The number of ether oxygens (including phenoxy) is 2. The topological polar surface area (TPSA) is 89.0 Å². The lowest BCUT2D eigenvalue weighted by Crippen LogP contribution is -2.37. The highest BCUT2D eigenvalue weighted by molar-refractivity contribution is 7.89. The SMILES string of the molecule is COc1ccc2nc(N(CC3CCCO3)C(=O)c3ccc(S(=O)(=O)N(C)Cc4ccccc4)cc3)sc2c1. The Labute approximate surface area is 226 Å². The Kier molecular flexibility index (Phi) is 7.75. The molecule has 8 nitrogen and oxygen atoms in total. The fourth-order valence-corrected chi connectivity index (χ4v) is 6.57. The number of aromatic nitrogens is 1. The molecule has 198 valence electrons. The van der Waals surface area contributed by atoms with Crippen LogP contribution < -0.4 is 9.64 Å². The highest BCUT2D eigenvalue weighted by atomic mass is 32.2. The van der Waals surface area contributed by atoms with Crippen molar-refractivity contribution in [1.29, 1.82) is 0 Å². The van der Waals surface area contributed by atoms with Crippen LogP contribution in [0.2, 0.25) is 0 Å². The average Bonchev–Trinajstić information content (AvgIpc) is 3.61. The molecule has 10 heteroatoms. The van der Waals surface area contributed by atoms with Crippen LogP contribution in [-0.4, -0.2) is 57.0 Å². The molecule has 1 aromatic heterocycles. The van der Waals surface area contributed by atoms with Crippen molar-refractivity contribution in [3.8, 4) is 5.75 Å². The van der Waals surface area contributed by atoms with Gasteiger partial charge in [-0.2, -0.15) is 4.31 Å². The predicted octanol–water partition coefficient (Wildman–Crippen LogP) is 4.95. The van der Waals surface area contributed by atoms with Gasteiger partial charge in [-0.15, -0.1) is 0 Å². The van der Waals surface area contributed by atoms with E-state index in [1.54, 1.807) is 31.2 Å². The highest BCUT2D eigenvalue weighted by Crippen LogP contribution is 2.33. The van der Waals surface area contributed by atoms with Crippen molar-refractivity contribution in [3.63, 3.8) is 0 Å². The molecule has 0 spiro atoms. The van der Waals surface area contributed by atoms with Crippen molar-refractivity contribution in [3.05, 3.63) is 83.9 Å². The summed E-state index contributed by atoms with van der Waals surface area (Å²) in [5.41, 5.74) is 2.05. The third-order valence-corrected chi connectivity index (χ3v) is 9.39. The number of methoxy groups -OCH3 is 1. The van der Waals surface area contributed by atoms with Crippen LogP contribution in [0.1, 0.15) is 28.8 Å². The van der Waals surface area contributed by atoms with Crippen molar-refractivity contribution in [2.75, 3.05) is 32.2 Å². The monoisotopic (exact) mass is 551 g/mol. The Morgan fingerprint density at radius 3 is 2.55 bits per heavy atom. The van der Waals surface area contributed by atoms with Gasteiger partial charge in [0.25, 0.3) is 5.91 Å². The third-order valence-electron chi connectivity index (χ3n) is 6.53. The van der Waals surface area contributed by atoms with E-state index < -0.39 is 10.0 Å². The zero-order valence-electron chi connectivity index (χ0n) is 21.2. The molecule has 4 aromatic rings. The molecule has 0 bridgehead atoms. The van der Waals surface area contributed by atoms with Crippen LogP contribution in [0.3, 0.4) is 0 Å². The molecule has 0 radical (unpaired) electrons. The van der Waals surface area contributed by atoms with E-state index in [0.29, 0.717) is 23.8 Å². The van der Waals surface area contributed by atoms with E-state index in [9.17, 15) is 13.2 Å². The second kappa shape index (κ2) is 11.2. The van der Waals surface area contributed by atoms with Gasteiger partial charge in [0.1, 0.15) is 5.75 Å². The van der Waals surface area contributed by atoms with Gasteiger partial charge in [-0.05, 0) is 60.9 Å². The van der Waals surface area contributed by atoms with Gasteiger partial charge in [0.2, 0.25) is 10.0 Å². The molecular weight excluding hydrogens is 522 g/mol. The smallest absolute Gasteiger partial charge is 0.260 e. The molecular formula is C28H29N3O5S2. The minimum atomic E-state index is -3.73. The number of nitrogens with zero attached hydrogens (tertiary/aromatic N) is 3. The highest BCUT2D eigenvalue weighted by Gasteiger charge is 2.28. The molecule has 0 N–H and O–H groups in total. The van der Waals surface area contributed by atoms with Gasteiger partial charge in [-0.1, -0.05) is 41.7 Å². The molecule has 1 amide bonds. The first-order valence-electron chi connectivity index (χ1n) is 12.3. The summed E-state index contributed by atoms with van der Waals surface area (Å²) in [5, 5.41) is 0.563. The van der Waals surface area contributed by atoms with Crippen LogP contribution in [0, 0.1) is 0 Å². The van der Waals surface area contributed by atoms with Crippen LogP contribution in [0.15, 0.2) is 77.7 Å².